The van der Waals surface area contributed by atoms with Gasteiger partial charge in [0.2, 0.25) is 0 Å². The summed E-state index contributed by atoms with van der Waals surface area (Å²) in [5, 5.41) is 0. The SMILES string of the molecule is C=CC[C@@H]1O[C@H](C[C@H]2CN(C(=O)OC(C)(C)C)C(C)(C)O2)[C@H](OC)[C@H]1CS(=O)[O-]. The molecule has 0 aromatic rings. The van der Waals surface area contributed by atoms with E-state index in [1.54, 1.807) is 18.1 Å². The molecule has 0 aliphatic carbocycles. The van der Waals surface area contributed by atoms with E-state index >= 15 is 0 Å². The number of hydrogen-bond acceptors (Lipinski definition) is 7. The molecule has 0 aromatic heterocycles. The van der Waals surface area contributed by atoms with Gasteiger partial charge in [-0.25, -0.2) is 4.79 Å². The summed E-state index contributed by atoms with van der Waals surface area (Å²) in [7, 11) is 1.56. The lowest BCUT2D eigenvalue weighted by Gasteiger charge is -2.31. The molecule has 6 atom stereocenters. The van der Waals surface area contributed by atoms with Crippen molar-refractivity contribution < 1.29 is 32.5 Å². The number of carbonyl (C=O) groups excluding carboxylic acids is 1. The van der Waals surface area contributed by atoms with Crippen LogP contribution in [0.25, 0.3) is 0 Å². The molecule has 2 fully saturated rings. The summed E-state index contributed by atoms with van der Waals surface area (Å²) in [5.41, 5.74) is -1.41. The van der Waals surface area contributed by atoms with Gasteiger partial charge >= 0.3 is 6.09 Å². The molecule has 1 unspecified atom stereocenters. The maximum Gasteiger partial charge on any atom is 0.412 e. The largest absolute Gasteiger partial charge is 0.772 e. The van der Waals surface area contributed by atoms with Gasteiger partial charge in [-0.1, -0.05) is 17.2 Å². The Hall–Kier alpha value is -1.00. The van der Waals surface area contributed by atoms with Gasteiger partial charge < -0.3 is 23.5 Å². The Morgan fingerprint density at radius 3 is 2.55 bits per heavy atom. The van der Waals surface area contributed by atoms with E-state index in [9.17, 15) is 13.6 Å². The Morgan fingerprint density at radius 1 is 1.38 bits per heavy atom. The van der Waals surface area contributed by atoms with Crippen molar-refractivity contribution in [2.75, 3.05) is 19.4 Å². The highest BCUT2D eigenvalue weighted by Crippen LogP contribution is 2.37. The van der Waals surface area contributed by atoms with Crippen LogP contribution in [0, 0.1) is 5.92 Å². The van der Waals surface area contributed by atoms with Crippen molar-refractivity contribution in [3.8, 4) is 0 Å². The first-order valence-corrected chi connectivity index (χ1v) is 11.2. The molecular formula is C20H34NO7S-. The summed E-state index contributed by atoms with van der Waals surface area (Å²) in [6.45, 7) is 13.2. The van der Waals surface area contributed by atoms with Crippen molar-refractivity contribution in [3.63, 3.8) is 0 Å². The number of methoxy groups -OCH3 is 1. The zero-order valence-corrected chi connectivity index (χ0v) is 19.0. The molecule has 29 heavy (non-hydrogen) atoms. The van der Waals surface area contributed by atoms with Gasteiger partial charge in [0.15, 0.2) is 0 Å². The van der Waals surface area contributed by atoms with Gasteiger partial charge in [-0.2, -0.15) is 0 Å². The van der Waals surface area contributed by atoms with Crippen molar-refractivity contribution >= 4 is 17.2 Å². The number of carbonyl (C=O) groups is 1. The molecule has 0 aromatic carbocycles. The number of ether oxygens (including phenoxy) is 4. The van der Waals surface area contributed by atoms with Gasteiger partial charge in [0, 0.05) is 25.2 Å². The third kappa shape index (κ3) is 6.24. The highest BCUT2D eigenvalue weighted by atomic mass is 32.2. The molecule has 9 heteroatoms. The monoisotopic (exact) mass is 432 g/mol. The first kappa shape index (κ1) is 24.3. The van der Waals surface area contributed by atoms with Crippen LogP contribution in [0.15, 0.2) is 12.7 Å². The summed E-state index contributed by atoms with van der Waals surface area (Å²) in [6.07, 6.45) is 1.05. The van der Waals surface area contributed by atoms with Gasteiger partial charge in [-0.05, 0) is 41.0 Å². The normalized spacial score (nSPS) is 32.9. The maximum absolute atomic E-state index is 12.6. The predicted octanol–water partition coefficient (Wildman–Crippen LogP) is 2.60. The van der Waals surface area contributed by atoms with Gasteiger partial charge in [-0.3, -0.25) is 9.11 Å². The van der Waals surface area contributed by atoms with Crippen LogP contribution in [0.1, 0.15) is 47.5 Å². The van der Waals surface area contributed by atoms with Crippen molar-refractivity contribution in [2.24, 2.45) is 5.92 Å². The molecule has 0 saturated carbocycles. The van der Waals surface area contributed by atoms with Crippen LogP contribution in [-0.4, -0.2) is 74.9 Å². The van der Waals surface area contributed by atoms with Crippen LogP contribution >= 0.6 is 0 Å². The zero-order valence-electron chi connectivity index (χ0n) is 18.2. The Balaban J connectivity index is 2.09. The van der Waals surface area contributed by atoms with Crippen molar-refractivity contribution in [3.05, 3.63) is 12.7 Å². The van der Waals surface area contributed by atoms with E-state index in [2.05, 4.69) is 6.58 Å². The molecule has 1 amide bonds. The molecule has 168 valence electrons. The number of hydrogen-bond donors (Lipinski definition) is 0. The van der Waals surface area contributed by atoms with Crippen LogP contribution in [0.2, 0.25) is 0 Å². The molecule has 2 aliphatic heterocycles. The van der Waals surface area contributed by atoms with Gasteiger partial charge in [-0.15, -0.1) is 6.58 Å². The Kier molecular flexibility index (Phi) is 7.89. The van der Waals surface area contributed by atoms with Gasteiger partial charge in [0.05, 0.1) is 31.0 Å². The fourth-order valence-electron chi connectivity index (χ4n) is 4.09. The van der Waals surface area contributed by atoms with Crippen LogP contribution in [0.4, 0.5) is 4.79 Å². The average molecular weight is 433 g/mol. The summed E-state index contributed by atoms with van der Waals surface area (Å²) >= 11 is -2.20. The Labute approximate surface area is 176 Å². The second-order valence-corrected chi connectivity index (χ2v) is 10.0. The summed E-state index contributed by atoms with van der Waals surface area (Å²) in [6, 6.07) is 0. The van der Waals surface area contributed by atoms with E-state index in [0.29, 0.717) is 19.4 Å². The van der Waals surface area contributed by atoms with Crippen LogP contribution < -0.4 is 0 Å². The van der Waals surface area contributed by atoms with E-state index in [4.69, 9.17) is 18.9 Å². The second-order valence-electron chi connectivity index (χ2n) is 9.09. The van der Waals surface area contributed by atoms with Gasteiger partial charge in [0.25, 0.3) is 0 Å². The number of amides is 1. The van der Waals surface area contributed by atoms with E-state index in [-0.39, 0.29) is 36.1 Å². The molecule has 0 radical (unpaired) electrons. The molecule has 2 saturated heterocycles. The van der Waals surface area contributed by atoms with Crippen LogP contribution in [0.5, 0.6) is 0 Å². The number of rotatable bonds is 7. The zero-order chi connectivity index (χ0) is 22.0. The number of nitrogens with zero attached hydrogens (tertiary/aromatic N) is 1. The Morgan fingerprint density at radius 2 is 2.03 bits per heavy atom. The van der Waals surface area contributed by atoms with E-state index in [0.717, 1.165) is 0 Å². The topological polar surface area (TPSA) is 97.4 Å². The van der Waals surface area contributed by atoms with E-state index in [1.165, 1.54) is 0 Å². The quantitative estimate of drug-likeness (QED) is 0.450. The fraction of sp³-hybridized carbons (Fsp3) is 0.850. The highest BCUT2D eigenvalue weighted by molar-refractivity contribution is 7.79. The lowest BCUT2D eigenvalue weighted by molar-refractivity contribution is -0.0943. The maximum atomic E-state index is 12.6. The van der Waals surface area contributed by atoms with E-state index < -0.39 is 28.5 Å². The summed E-state index contributed by atoms with van der Waals surface area (Å²) in [4.78, 5) is 14.2. The van der Waals surface area contributed by atoms with E-state index in [1.807, 2.05) is 34.6 Å². The lowest BCUT2D eigenvalue weighted by Crippen LogP contribution is -2.46. The first-order valence-electron chi connectivity index (χ1n) is 9.91. The van der Waals surface area contributed by atoms with Crippen molar-refractivity contribution in [2.45, 2.75) is 83.2 Å². The van der Waals surface area contributed by atoms with Crippen molar-refractivity contribution in [1.29, 1.82) is 0 Å². The fourth-order valence-corrected chi connectivity index (χ4v) is 4.80. The lowest BCUT2D eigenvalue weighted by atomic mass is 9.94. The highest BCUT2D eigenvalue weighted by Gasteiger charge is 2.49. The molecule has 8 nitrogen and oxygen atoms in total. The molecule has 2 rings (SSSR count). The molecule has 0 spiro atoms. The van der Waals surface area contributed by atoms with Crippen LogP contribution in [0.3, 0.4) is 0 Å². The molecule has 2 heterocycles. The minimum atomic E-state index is -2.20. The Bertz CT molecular complexity index is 618. The van der Waals surface area contributed by atoms with Crippen molar-refractivity contribution in [1.82, 2.24) is 4.90 Å². The molecule has 0 bridgehead atoms. The van der Waals surface area contributed by atoms with Gasteiger partial charge in [0.1, 0.15) is 11.3 Å². The molecule has 0 N–H and O–H groups in total. The third-order valence-corrected chi connectivity index (χ3v) is 5.87. The third-order valence-electron chi connectivity index (χ3n) is 5.22. The molecular weight excluding hydrogens is 398 g/mol. The molecule has 2 aliphatic rings. The standard InChI is InChI=1S/C20H35NO7S/c1-8-9-15-14(12-29(23)24)17(25-7)16(26-15)10-13-11-21(20(5,6)27-13)18(22)28-19(2,3)4/h8,13-17H,1,9-12H2,2-7H3,(H,23,24)/p-1/t13-,14-,15-,16+,17+/m0/s1. The van der Waals surface area contributed by atoms with Crippen LogP contribution in [-0.2, 0) is 30.0 Å². The summed E-state index contributed by atoms with van der Waals surface area (Å²) < 4.78 is 46.0. The smallest absolute Gasteiger partial charge is 0.412 e. The minimum Gasteiger partial charge on any atom is -0.772 e. The summed E-state index contributed by atoms with van der Waals surface area (Å²) in [5.74, 6) is -0.313. The second kappa shape index (κ2) is 9.43. The predicted molar refractivity (Wildman–Crippen MR) is 108 cm³/mol. The first-order chi connectivity index (χ1) is 13.4. The average Bonchev–Trinajstić information content (AvgIpc) is 3.02. The minimum absolute atomic E-state index is 0.0332.